The number of fused-ring (bicyclic) bond motifs is 1. The third kappa shape index (κ3) is 6.08. The fourth-order valence-electron chi connectivity index (χ4n) is 2.92. The van der Waals surface area contributed by atoms with E-state index in [2.05, 4.69) is 10.6 Å². The molecule has 0 bridgehead atoms. The Kier molecular flexibility index (Phi) is 6.65. The van der Waals surface area contributed by atoms with Crippen LogP contribution in [0.1, 0.15) is 50.7 Å². The molecule has 2 N–H and O–H groups in total. The summed E-state index contributed by atoms with van der Waals surface area (Å²) in [5.74, 6) is -0.149. The topological polar surface area (TPSA) is 89.8 Å². The van der Waals surface area contributed by atoms with Gasteiger partial charge in [-0.25, -0.2) is 4.79 Å². The van der Waals surface area contributed by atoms with Crippen LogP contribution in [0.3, 0.4) is 0 Å². The minimum Gasteiger partial charge on any atom is -0.451 e. The van der Waals surface area contributed by atoms with Crippen molar-refractivity contribution in [2.24, 2.45) is 0 Å². The molecule has 0 unspecified atom stereocenters. The minimum absolute atomic E-state index is 0.0228. The highest BCUT2D eigenvalue weighted by atomic mass is 16.6. The molecule has 0 aliphatic carbocycles. The summed E-state index contributed by atoms with van der Waals surface area (Å²) in [6, 6.07) is 14.2. The van der Waals surface area contributed by atoms with Crippen LogP contribution in [0.25, 0.3) is 11.0 Å². The summed E-state index contributed by atoms with van der Waals surface area (Å²) in [7, 11) is 0. The Morgan fingerprint density at radius 2 is 1.58 bits per heavy atom. The fourth-order valence-corrected chi connectivity index (χ4v) is 2.92. The lowest BCUT2D eigenvalue weighted by Gasteiger charge is -2.19. The van der Waals surface area contributed by atoms with Crippen LogP contribution >= 0.6 is 0 Å². The SMILES string of the molecule is CC(C)OCc1c(C(=O)Nc2ccc(NC(=O)OC(C)(C)C)cc2)oc2ccccc12. The molecule has 0 saturated carbocycles. The van der Waals surface area contributed by atoms with E-state index in [1.54, 1.807) is 45.0 Å². The van der Waals surface area contributed by atoms with Gasteiger partial charge in [0.2, 0.25) is 0 Å². The summed E-state index contributed by atoms with van der Waals surface area (Å²) in [4.78, 5) is 24.8. The van der Waals surface area contributed by atoms with Crippen molar-refractivity contribution < 1.29 is 23.5 Å². The Hall–Kier alpha value is -3.32. The van der Waals surface area contributed by atoms with Crippen molar-refractivity contribution in [2.45, 2.75) is 52.9 Å². The number of benzene rings is 2. The van der Waals surface area contributed by atoms with E-state index in [9.17, 15) is 9.59 Å². The summed E-state index contributed by atoms with van der Waals surface area (Å²) in [5.41, 5.74) is 1.89. The van der Waals surface area contributed by atoms with Crippen LogP contribution in [-0.2, 0) is 16.1 Å². The Bertz CT molecular complexity index is 1060. The predicted molar refractivity (Wildman–Crippen MR) is 120 cm³/mol. The van der Waals surface area contributed by atoms with Gasteiger partial charge >= 0.3 is 6.09 Å². The number of anilines is 2. The van der Waals surface area contributed by atoms with Gasteiger partial charge in [0, 0.05) is 22.3 Å². The van der Waals surface area contributed by atoms with Crippen molar-refractivity contribution in [3.8, 4) is 0 Å². The molecule has 1 heterocycles. The maximum atomic E-state index is 12.9. The summed E-state index contributed by atoms with van der Waals surface area (Å²) in [5, 5.41) is 6.34. The second-order valence-corrected chi connectivity index (χ2v) is 8.42. The van der Waals surface area contributed by atoms with E-state index in [1.807, 2.05) is 38.1 Å². The van der Waals surface area contributed by atoms with Crippen LogP contribution in [0.15, 0.2) is 52.9 Å². The number of carbonyl (C=O) groups is 2. The summed E-state index contributed by atoms with van der Waals surface area (Å²) >= 11 is 0. The predicted octanol–water partition coefficient (Wildman–Crippen LogP) is 5.96. The second kappa shape index (κ2) is 9.22. The van der Waals surface area contributed by atoms with Gasteiger partial charge in [0.25, 0.3) is 5.91 Å². The first-order valence-corrected chi connectivity index (χ1v) is 10.2. The van der Waals surface area contributed by atoms with E-state index in [0.717, 1.165) is 5.39 Å². The Labute approximate surface area is 181 Å². The standard InChI is InChI=1S/C24H28N2O5/c1-15(2)29-14-19-18-8-6-7-9-20(18)30-21(19)22(27)25-16-10-12-17(13-11-16)26-23(28)31-24(3,4)5/h6-13,15H,14H2,1-5H3,(H,25,27)(H,26,28). The van der Waals surface area contributed by atoms with E-state index in [0.29, 0.717) is 22.5 Å². The number of nitrogens with one attached hydrogen (secondary N) is 2. The van der Waals surface area contributed by atoms with Crippen molar-refractivity contribution in [1.29, 1.82) is 0 Å². The third-order valence-corrected chi connectivity index (χ3v) is 4.25. The number of rotatable bonds is 6. The minimum atomic E-state index is -0.582. The molecule has 3 rings (SSSR count). The molecule has 7 heteroatoms. The molecule has 0 aliphatic rings. The Morgan fingerprint density at radius 1 is 0.968 bits per heavy atom. The molecule has 3 aromatic rings. The number of hydrogen-bond acceptors (Lipinski definition) is 5. The van der Waals surface area contributed by atoms with Crippen molar-refractivity contribution in [3.63, 3.8) is 0 Å². The van der Waals surface area contributed by atoms with Gasteiger partial charge in [-0.15, -0.1) is 0 Å². The maximum absolute atomic E-state index is 12.9. The zero-order chi connectivity index (χ0) is 22.6. The van der Waals surface area contributed by atoms with Gasteiger partial charge in [-0.2, -0.15) is 0 Å². The van der Waals surface area contributed by atoms with Crippen LogP contribution in [0.4, 0.5) is 16.2 Å². The number of carbonyl (C=O) groups excluding carboxylic acids is 2. The first kappa shape index (κ1) is 22.4. The molecule has 164 valence electrons. The van der Waals surface area contributed by atoms with Crippen molar-refractivity contribution >= 4 is 34.3 Å². The lowest BCUT2D eigenvalue weighted by atomic mass is 10.1. The van der Waals surface area contributed by atoms with Crippen LogP contribution < -0.4 is 10.6 Å². The highest BCUT2D eigenvalue weighted by Gasteiger charge is 2.21. The average Bonchev–Trinajstić information content (AvgIpc) is 3.05. The molecule has 1 aromatic heterocycles. The number of hydrogen-bond donors (Lipinski definition) is 2. The molecule has 0 atom stereocenters. The number of para-hydroxylation sites is 1. The molecular weight excluding hydrogens is 396 g/mol. The van der Waals surface area contributed by atoms with Crippen molar-refractivity contribution in [1.82, 2.24) is 0 Å². The summed E-state index contributed by atoms with van der Waals surface area (Å²) < 4.78 is 16.8. The largest absolute Gasteiger partial charge is 0.451 e. The molecular formula is C24H28N2O5. The van der Waals surface area contributed by atoms with Crippen LogP contribution in [0, 0.1) is 0 Å². The lowest BCUT2D eigenvalue weighted by molar-refractivity contribution is 0.0635. The number of ether oxygens (including phenoxy) is 2. The Balaban J connectivity index is 1.73. The summed E-state index contributed by atoms with van der Waals surface area (Å²) in [6.45, 7) is 9.54. The summed E-state index contributed by atoms with van der Waals surface area (Å²) in [6.07, 6.45) is -0.518. The van der Waals surface area contributed by atoms with Gasteiger partial charge in [-0.05, 0) is 65.0 Å². The number of amides is 2. The van der Waals surface area contributed by atoms with E-state index in [-0.39, 0.29) is 24.4 Å². The van der Waals surface area contributed by atoms with Gasteiger partial charge in [0.05, 0.1) is 12.7 Å². The molecule has 0 saturated heterocycles. The second-order valence-electron chi connectivity index (χ2n) is 8.42. The quantitative estimate of drug-likeness (QED) is 0.510. The molecule has 0 radical (unpaired) electrons. The first-order chi connectivity index (χ1) is 14.6. The van der Waals surface area contributed by atoms with E-state index < -0.39 is 11.7 Å². The molecule has 0 aliphatic heterocycles. The average molecular weight is 424 g/mol. The van der Waals surface area contributed by atoms with Gasteiger partial charge in [-0.1, -0.05) is 18.2 Å². The zero-order valence-electron chi connectivity index (χ0n) is 18.4. The maximum Gasteiger partial charge on any atom is 0.412 e. The fraction of sp³-hybridized carbons (Fsp3) is 0.333. The van der Waals surface area contributed by atoms with Gasteiger partial charge in [0.15, 0.2) is 5.76 Å². The van der Waals surface area contributed by atoms with E-state index in [1.165, 1.54) is 0 Å². The molecule has 7 nitrogen and oxygen atoms in total. The lowest BCUT2D eigenvalue weighted by Crippen LogP contribution is -2.27. The van der Waals surface area contributed by atoms with Gasteiger partial charge < -0.3 is 19.2 Å². The molecule has 0 fully saturated rings. The Morgan fingerprint density at radius 3 is 2.19 bits per heavy atom. The monoisotopic (exact) mass is 424 g/mol. The smallest absolute Gasteiger partial charge is 0.412 e. The molecule has 0 spiro atoms. The third-order valence-electron chi connectivity index (χ3n) is 4.25. The van der Waals surface area contributed by atoms with Crippen molar-refractivity contribution in [3.05, 3.63) is 59.9 Å². The highest BCUT2D eigenvalue weighted by molar-refractivity contribution is 6.06. The molecule has 2 aromatic carbocycles. The van der Waals surface area contributed by atoms with Crippen LogP contribution in [0.2, 0.25) is 0 Å². The molecule has 2 amide bonds. The van der Waals surface area contributed by atoms with Crippen LogP contribution in [-0.4, -0.2) is 23.7 Å². The van der Waals surface area contributed by atoms with Crippen molar-refractivity contribution in [2.75, 3.05) is 10.6 Å². The van der Waals surface area contributed by atoms with Gasteiger partial charge in [-0.3, -0.25) is 10.1 Å². The molecule has 31 heavy (non-hydrogen) atoms. The van der Waals surface area contributed by atoms with E-state index >= 15 is 0 Å². The van der Waals surface area contributed by atoms with E-state index in [4.69, 9.17) is 13.9 Å². The first-order valence-electron chi connectivity index (χ1n) is 10.2. The normalized spacial score (nSPS) is 11.5. The number of furan rings is 1. The van der Waals surface area contributed by atoms with Gasteiger partial charge in [0.1, 0.15) is 11.2 Å². The zero-order valence-corrected chi connectivity index (χ0v) is 18.4. The van der Waals surface area contributed by atoms with Crippen LogP contribution in [0.5, 0.6) is 0 Å². The highest BCUT2D eigenvalue weighted by Crippen LogP contribution is 2.28.